The van der Waals surface area contributed by atoms with Gasteiger partial charge in [-0.25, -0.2) is 4.79 Å². The van der Waals surface area contributed by atoms with Crippen LogP contribution in [0.15, 0.2) is 0 Å². The molecule has 0 aromatic heterocycles. The van der Waals surface area contributed by atoms with Gasteiger partial charge in [-0.1, -0.05) is 104 Å². The van der Waals surface area contributed by atoms with Gasteiger partial charge in [0, 0.05) is 13.1 Å². The zero-order chi connectivity index (χ0) is 18.8. The van der Waals surface area contributed by atoms with Crippen molar-refractivity contribution in [1.29, 1.82) is 0 Å². The van der Waals surface area contributed by atoms with Crippen molar-refractivity contribution in [3.8, 4) is 0 Å². The molecule has 0 rings (SSSR count). The Hall–Kier alpha value is -0.730. The molecule has 0 aliphatic rings. The molecule has 0 radical (unpaired) electrons. The molecule has 0 heterocycles. The highest BCUT2D eigenvalue weighted by molar-refractivity contribution is 5.64. The van der Waals surface area contributed by atoms with Crippen LogP contribution in [0.4, 0.5) is 4.79 Å². The van der Waals surface area contributed by atoms with Gasteiger partial charge in [-0.15, -0.1) is 0 Å². The van der Waals surface area contributed by atoms with Crippen molar-refractivity contribution in [3.63, 3.8) is 0 Å². The zero-order valence-electron chi connectivity index (χ0n) is 17.4. The molecule has 0 aliphatic heterocycles. The summed E-state index contributed by atoms with van der Waals surface area (Å²) in [6, 6.07) is 0. The standard InChI is InChI=1S/C22H45NO2/c1-4-5-6-7-13-16-19-23(22(24)25)20-17-14-11-9-8-10-12-15-18-21(2)3/h21H,4-20H2,1-3H3,(H,24,25). The van der Waals surface area contributed by atoms with E-state index in [1.165, 1.54) is 83.5 Å². The summed E-state index contributed by atoms with van der Waals surface area (Å²) in [7, 11) is 0. The molecule has 0 aromatic rings. The molecule has 150 valence electrons. The zero-order valence-corrected chi connectivity index (χ0v) is 17.4. The predicted molar refractivity (Wildman–Crippen MR) is 109 cm³/mol. The summed E-state index contributed by atoms with van der Waals surface area (Å²) in [6.45, 7) is 8.26. The number of hydrogen-bond acceptors (Lipinski definition) is 1. The number of rotatable bonds is 18. The van der Waals surface area contributed by atoms with Gasteiger partial charge in [0.15, 0.2) is 0 Å². The van der Waals surface area contributed by atoms with Crippen LogP contribution in [0.5, 0.6) is 0 Å². The Labute approximate surface area is 157 Å². The van der Waals surface area contributed by atoms with Gasteiger partial charge in [-0.3, -0.25) is 0 Å². The third-order valence-corrected chi connectivity index (χ3v) is 5.01. The van der Waals surface area contributed by atoms with Crippen molar-refractivity contribution in [2.75, 3.05) is 13.1 Å². The van der Waals surface area contributed by atoms with Crippen molar-refractivity contribution >= 4 is 6.09 Å². The van der Waals surface area contributed by atoms with Crippen molar-refractivity contribution in [3.05, 3.63) is 0 Å². The van der Waals surface area contributed by atoms with E-state index in [4.69, 9.17) is 0 Å². The first-order valence-corrected chi connectivity index (χ1v) is 11.1. The van der Waals surface area contributed by atoms with Crippen LogP contribution in [-0.2, 0) is 0 Å². The summed E-state index contributed by atoms with van der Waals surface area (Å²) in [6.07, 6.45) is 18.2. The Morgan fingerprint density at radius 2 is 1.12 bits per heavy atom. The number of nitrogens with zero attached hydrogens (tertiary/aromatic N) is 1. The smallest absolute Gasteiger partial charge is 0.407 e. The maximum absolute atomic E-state index is 11.3. The van der Waals surface area contributed by atoms with E-state index in [2.05, 4.69) is 20.8 Å². The number of amides is 1. The fraction of sp³-hybridized carbons (Fsp3) is 0.955. The topological polar surface area (TPSA) is 40.5 Å². The Kier molecular flexibility index (Phi) is 17.5. The van der Waals surface area contributed by atoms with E-state index < -0.39 is 6.09 Å². The molecule has 0 aliphatic carbocycles. The minimum Gasteiger partial charge on any atom is -0.465 e. The molecule has 0 bridgehead atoms. The van der Waals surface area contributed by atoms with Crippen LogP contribution in [0.1, 0.15) is 117 Å². The number of unbranched alkanes of at least 4 members (excludes halogenated alkanes) is 12. The minimum atomic E-state index is -0.737. The number of carbonyl (C=O) groups is 1. The van der Waals surface area contributed by atoms with Crippen LogP contribution in [0, 0.1) is 5.92 Å². The largest absolute Gasteiger partial charge is 0.465 e. The molecular formula is C22H45NO2. The van der Waals surface area contributed by atoms with Crippen molar-refractivity contribution in [2.24, 2.45) is 5.92 Å². The van der Waals surface area contributed by atoms with Crippen LogP contribution < -0.4 is 0 Å². The second-order valence-electron chi connectivity index (χ2n) is 8.05. The maximum Gasteiger partial charge on any atom is 0.407 e. The van der Waals surface area contributed by atoms with Gasteiger partial charge in [0.25, 0.3) is 0 Å². The van der Waals surface area contributed by atoms with Crippen LogP contribution >= 0.6 is 0 Å². The summed E-state index contributed by atoms with van der Waals surface area (Å²) >= 11 is 0. The maximum atomic E-state index is 11.3. The van der Waals surface area contributed by atoms with Crippen molar-refractivity contribution < 1.29 is 9.90 Å². The average Bonchev–Trinajstić information content (AvgIpc) is 2.57. The Balaban J connectivity index is 3.47. The molecule has 3 heteroatoms. The normalized spacial score (nSPS) is 11.2. The summed E-state index contributed by atoms with van der Waals surface area (Å²) in [5.74, 6) is 0.841. The molecule has 1 N–H and O–H groups in total. The number of carboxylic acid groups (broad SMARTS) is 1. The Bertz CT molecular complexity index is 292. The van der Waals surface area contributed by atoms with E-state index in [1.807, 2.05) is 0 Å². The first-order chi connectivity index (χ1) is 12.1. The second kappa shape index (κ2) is 18.1. The van der Waals surface area contributed by atoms with E-state index >= 15 is 0 Å². The Morgan fingerprint density at radius 1 is 0.720 bits per heavy atom. The average molecular weight is 356 g/mol. The third kappa shape index (κ3) is 17.9. The molecule has 0 unspecified atom stereocenters. The lowest BCUT2D eigenvalue weighted by Gasteiger charge is -2.19. The molecule has 25 heavy (non-hydrogen) atoms. The SMILES string of the molecule is CCCCCCCCN(CCCCCCCCCCC(C)C)C(=O)O. The molecule has 0 fully saturated rings. The van der Waals surface area contributed by atoms with Gasteiger partial charge in [0.05, 0.1) is 0 Å². The lowest BCUT2D eigenvalue weighted by molar-refractivity contribution is 0.143. The highest BCUT2D eigenvalue weighted by atomic mass is 16.4. The van der Waals surface area contributed by atoms with Crippen molar-refractivity contribution in [1.82, 2.24) is 4.90 Å². The summed E-state index contributed by atoms with van der Waals surface area (Å²) in [4.78, 5) is 12.9. The molecule has 0 spiro atoms. The van der Waals surface area contributed by atoms with Crippen molar-refractivity contribution in [2.45, 2.75) is 117 Å². The van der Waals surface area contributed by atoms with Crippen LogP contribution in [0.25, 0.3) is 0 Å². The van der Waals surface area contributed by atoms with E-state index in [0.717, 1.165) is 31.8 Å². The lowest BCUT2D eigenvalue weighted by Crippen LogP contribution is -2.31. The lowest BCUT2D eigenvalue weighted by atomic mass is 10.0. The summed E-state index contributed by atoms with van der Waals surface area (Å²) in [5.41, 5.74) is 0. The van der Waals surface area contributed by atoms with Gasteiger partial charge in [-0.2, -0.15) is 0 Å². The fourth-order valence-electron chi connectivity index (χ4n) is 3.30. The summed E-state index contributed by atoms with van der Waals surface area (Å²) in [5, 5.41) is 9.30. The molecule has 0 saturated heterocycles. The van der Waals surface area contributed by atoms with Crippen LogP contribution in [0.2, 0.25) is 0 Å². The molecular weight excluding hydrogens is 310 g/mol. The van der Waals surface area contributed by atoms with Gasteiger partial charge < -0.3 is 10.0 Å². The predicted octanol–water partition coefficient (Wildman–Crippen LogP) is 7.49. The minimum absolute atomic E-state index is 0.720. The first kappa shape index (κ1) is 24.3. The highest BCUT2D eigenvalue weighted by Gasteiger charge is 2.10. The quantitative estimate of drug-likeness (QED) is 0.259. The molecule has 0 aromatic carbocycles. The van der Waals surface area contributed by atoms with Gasteiger partial charge in [0.2, 0.25) is 0 Å². The Morgan fingerprint density at radius 3 is 1.52 bits per heavy atom. The highest BCUT2D eigenvalue weighted by Crippen LogP contribution is 2.13. The van der Waals surface area contributed by atoms with E-state index in [-0.39, 0.29) is 0 Å². The monoisotopic (exact) mass is 355 g/mol. The first-order valence-electron chi connectivity index (χ1n) is 11.1. The van der Waals surface area contributed by atoms with E-state index in [0.29, 0.717) is 0 Å². The van der Waals surface area contributed by atoms with Crippen LogP contribution in [0.3, 0.4) is 0 Å². The van der Waals surface area contributed by atoms with Gasteiger partial charge in [-0.05, 0) is 18.8 Å². The van der Waals surface area contributed by atoms with Gasteiger partial charge >= 0.3 is 6.09 Å². The summed E-state index contributed by atoms with van der Waals surface area (Å²) < 4.78 is 0. The van der Waals surface area contributed by atoms with E-state index in [9.17, 15) is 9.90 Å². The molecule has 3 nitrogen and oxygen atoms in total. The third-order valence-electron chi connectivity index (χ3n) is 5.01. The molecule has 0 atom stereocenters. The molecule has 0 saturated carbocycles. The number of hydrogen-bond donors (Lipinski definition) is 1. The van der Waals surface area contributed by atoms with E-state index in [1.54, 1.807) is 4.90 Å². The van der Waals surface area contributed by atoms with Crippen LogP contribution in [-0.4, -0.2) is 29.2 Å². The fourth-order valence-corrected chi connectivity index (χ4v) is 3.30. The second-order valence-corrected chi connectivity index (χ2v) is 8.05. The van der Waals surface area contributed by atoms with Gasteiger partial charge in [0.1, 0.15) is 0 Å². The molecule has 1 amide bonds.